The fraction of sp³-hybridized carbons (Fsp3) is 0.500. The highest BCUT2D eigenvalue weighted by Crippen LogP contribution is 2.35. The number of benzene rings is 1. The predicted octanol–water partition coefficient (Wildman–Crippen LogP) is 3.83. The van der Waals surface area contributed by atoms with Crippen molar-refractivity contribution in [3.8, 4) is 0 Å². The van der Waals surface area contributed by atoms with Crippen molar-refractivity contribution in [2.75, 3.05) is 24.0 Å². The fourth-order valence-corrected chi connectivity index (χ4v) is 2.50. The summed E-state index contributed by atoms with van der Waals surface area (Å²) < 4.78 is 0. The lowest BCUT2D eigenvalue weighted by molar-refractivity contribution is -0.384. The normalized spacial score (nSPS) is 12.2. The molecule has 1 rings (SSSR count). The van der Waals surface area contributed by atoms with E-state index in [9.17, 15) is 10.1 Å². The highest BCUT2D eigenvalue weighted by molar-refractivity contribution is 7.98. The van der Waals surface area contributed by atoms with Crippen molar-refractivity contribution in [1.82, 2.24) is 0 Å². The quantitative estimate of drug-likeness (QED) is 0.589. The van der Waals surface area contributed by atoms with Gasteiger partial charge in [0.05, 0.1) is 4.92 Å². The Bertz CT molecular complexity index is 429. The number of halogens is 1. The first-order valence-electron chi connectivity index (χ1n) is 5.63. The molecule has 1 aromatic rings. The summed E-state index contributed by atoms with van der Waals surface area (Å²) in [5, 5.41) is 11.3. The topological polar surface area (TPSA) is 46.4 Å². The zero-order chi connectivity index (χ0) is 13.7. The molecule has 0 spiro atoms. The molecule has 6 heteroatoms. The average molecular weight is 289 g/mol. The minimum atomic E-state index is -0.421. The molecule has 0 aromatic heterocycles. The van der Waals surface area contributed by atoms with Crippen LogP contribution in [0.15, 0.2) is 18.2 Å². The van der Waals surface area contributed by atoms with Gasteiger partial charge in [-0.05, 0) is 37.5 Å². The summed E-state index contributed by atoms with van der Waals surface area (Å²) >= 11 is 7.67. The second-order valence-corrected chi connectivity index (χ2v) is 5.50. The van der Waals surface area contributed by atoms with E-state index in [2.05, 4.69) is 13.2 Å². The van der Waals surface area contributed by atoms with E-state index in [1.54, 1.807) is 30.0 Å². The van der Waals surface area contributed by atoms with Gasteiger partial charge >= 0.3 is 5.69 Å². The Hall–Kier alpha value is -0.940. The van der Waals surface area contributed by atoms with Gasteiger partial charge in [0.15, 0.2) is 0 Å². The van der Waals surface area contributed by atoms with Crippen LogP contribution in [-0.4, -0.2) is 30.0 Å². The summed E-state index contributed by atoms with van der Waals surface area (Å²) in [5.74, 6) is 1.03. The van der Waals surface area contributed by atoms with E-state index in [4.69, 9.17) is 11.6 Å². The van der Waals surface area contributed by atoms with Gasteiger partial charge in [0.1, 0.15) is 10.7 Å². The molecule has 1 atom stereocenters. The highest BCUT2D eigenvalue weighted by atomic mass is 35.5. The van der Waals surface area contributed by atoms with E-state index in [1.165, 1.54) is 0 Å². The van der Waals surface area contributed by atoms with Crippen LogP contribution >= 0.6 is 23.4 Å². The second-order valence-electron chi connectivity index (χ2n) is 4.11. The molecule has 0 heterocycles. The summed E-state index contributed by atoms with van der Waals surface area (Å²) in [6.07, 6.45) is 3.02. The third-order valence-electron chi connectivity index (χ3n) is 2.93. The maximum atomic E-state index is 11.1. The predicted molar refractivity (Wildman–Crippen MR) is 79.0 cm³/mol. The van der Waals surface area contributed by atoms with Gasteiger partial charge in [-0.25, -0.2) is 0 Å². The van der Waals surface area contributed by atoms with Gasteiger partial charge in [-0.1, -0.05) is 17.7 Å². The molecule has 0 bridgehead atoms. The maximum Gasteiger partial charge on any atom is 0.310 e. The Kier molecular flexibility index (Phi) is 5.75. The molecule has 100 valence electrons. The Morgan fingerprint density at radius 3 is 2.78 bits per heavy atom. The largest absolute Gasteiger partial charge is 0.366 e. The Balaban J connectivity index is 3.01. The number of nitro benzene ring substituents is 1. The summed E-state index contributed by atoms with van der Waals surface area (Å²) in [4.78, 5) is 12.6. The standard InChI is InChI=1S/C12H17ClN2O2S/c1-9(7-8-18-3)14(2)11-6-4-5-10(13)12(11)15(16)17/h4-6,9H,7-8H2,1-3H3. The molecule has 0 aliphatic rings. The van der Waals surface area contributed by atoms with E-state index >= 15 is 0 Å². The third kappa shape index (κ3) is 3.53. The van der Waals surface area contributed by atoms with E-state index < -0.39 is 4.92 Å². The van der Waals surface area contributed by atoms with Crippen LogP contribution in [0.1, 0.15) is 13.3 Å². The zero-order valence-electron chi connectivity index (χ0n) is 10.7. The van der Waals surface area contributed by atoms with Crippen LogP contribution in [0, 0.1) is 10.1 Å². The van der Waals surface area contributed by atoms with Gasteiger partial charge in [0.2, 0.25) is 0 Å². The lowest BCUT2D eigenvalue weighted by Gasteiger charge is -2.26. The van der Waals surface area contributed by atoms with Gasteiger partial charge in [-0.3, -0.25) is 10.1 Å². The number of hydrogen-bond acceptors (Lipinski definition) is 4. The van der Waals surface area contributed by atoms with Gasteiger partial charge in [0.25, 0.3) is 0 Å². The first-order valence-corrected chi connectivity index (χ1v) is 7.41. The second kappa shape index (κ2) is 6.85. The van der Waals surface area contributed by atoms with Gasteiger partial charge in [-0.2, -0.15) is 11.8 Å². The number of para-hydroxylation sites is 1. The number of rotatable bonds is 6. The van der Waals surface area contributed by atoms with Crippen LogP contribution in [-0.2, 0) is 0 Å². The average Bonchev–Trinajstić information content (AvgIpc) is 2.34. The number of nitro groups is 1. The first-order chi connectivity index (χ1) is 8.49. The smallest absolute Gasteiger partial charge is 0.310 e. The number of thioether (sulfide) groups is 1. The highest BCUT2D eigenvalue weighted by Gasteiger charge is 2.23. The molecule has 0 radical (unpaired) electrons. The maximum absolute atomic E-state index is 11.1. The molecule has 4 nitrogen and oxygen atoms in total. The molecule has 1 unspecified atom stereocenters. The van der Waals surface area contributed by atoms with E-state index in [-0.39, 0.29) is 16.8 Å². The van der Waals surface area contributed by atoms with Crippen LogP contribution in [0.5, 0.6) is 0 Å². The van der Waals surface area contributed by atoms with Crippen LogP contribution in [0.3, 0.4) is 0 Å². The van der Waals surface area contributed by atoms with Crippen molar-refractivity contribution in [3.05, 3.63) is 33.3 Å². The van der Waals surface area contributed by atoms with E-state index in [1.807, 2.05) is 11.9 Å². The van der Waals surface area contributed by atoms with Crippen molar-refractivity contribution in [3.63, 3.8) is 0 Å². The van der Waals surface area contributed by atoms with Crippen molar-refractivity contribution in [2.45, 2.75) is 19.4 Å². The monoisotopic (exact) mass is 288 g/mol. The van der Waals surface area contributed by atoms with Crippen LogP contribution in [0.25, 0.3) is 0 Å². The SMILES string of the molecule is CSCCC(C)N(C)c1cccc(Cl)c1[N+](=O)[O-]. The molecule has 0 saturated carbocycles. The molecule has 0 aliphatic carbocycles. The molecular weight excluding hydrogens is 272 g/mol. The van der Waals surface area contributed by atoms with Gasteiger partial charge in [-0.15, -0.1) is 0 Å². The van der Waals surface area contributed by atoms with Crippen molar-refractivity contribution >= 4 is 34.7 Å². The summed E-state index contributed by atoms with van der Waals surface area (Å²) in [7, 11) is 1.86. The molecule has 0 fully saturated rings. The third-order valence-corrected chi connectivity index (χ3v) is 3.88. The first kappa shape index (κ1) is 15.1. The Morgan fingerprint density at radius 1 is 1.56 bits per heavy atom. The van der Waals surface area contributed by atoms with E-state index in [0.29, 0.717) is 5.69 Å². The summed E-state index contributed by atoms with van der Waals surface area (Å²) in [6.45, 7) is 2.06. The molecule has 0 amide bonds. The van der Waals surface area contributed by atoms with Crippen molar-refractivity contribution < 1.29 is 4.92 Å². The number of nitrogens with zero attached hydrogens (tertiary/aromatic N) is 2. The summed E-state index contributed by atoms with van der Waals surface area (Å²) in [5.41, 5.74) is 0.554. The minimum absolute atomic E-state index is 0.0160. The molecule has 18 heavy (non-hydrogen) atoms. The zero-order valence-corrected chi connectivity index (χ0v) is 12.3. The Labute approximate surface area is 116 Å². The van der Waals surface area contributed by atoms with Crippen molar-refractivity contribution in [2.24, 2.45) is 0 Å². The molecular formula is C12H17ClN2O2S. The van der Waals surface area contributed by atoms with Crippen LogP contribution < -0.4 is 4.90 Å². The van der Waals surface area contributed by atoms with E-state index in [0.717, 1.165) is 12.2 Å². The van der Waals surface area contributed by atoms with Crippen molar-refractivity contribution in [1.29, 1.82) is 0 Å². The Morgan fingerprint density at radius 2 is 2.22 bits per heavy atom. The molecule has 1 aromatic carbocycles. The lowest BCUT2D eigenvalue weighted by Crippen LogP contribution is -2.29. The summed E-state index contributed by atoms with van der Waals surface area (Å²) in [6, 6.07) is 5.25. The van der Waals surface area contributed by atoms with Gasteiger partial charge in [0, 0.05) is 13.1 Å². The lowest BCUT2D eigenvalue weighted by atomic mass is 10.2. The molecule has 0 N–H and O–H groups in total. The fourth-order valence-electron chi connectivity index (χ4n) is 1.69. The molecule has 0 aliphatic heterocycles. The van der Waals surface area contributed by atoms with Gasteiger partial charge < -0.3 is 4.90 Å². The molecule has 0 saturated heterocycles. The van der Waals surface area contributed by atoms with Crippen LogP contribution in [0.2, 0.25) is 5.02 Å². The minimum Gasteiger partial charge on any atom is -0.366 e. The number of hydrogen-bond donors (Lipinski definition) is 0. The number of anilines is 1. The van der Waals surface area contributed by atoms with Crippen LogP contribution in [0.4, 0.5) is 11.4 Å².